The van der Waals surface area contributed by atoms with Gasteiger partial charge < -0.3 is 14.8 Å². The van der Waals surface area contributed by atoms with E-state index < -0.39 is 0 Å². The molecular formula is C15H21NO3S. The van der Waals surface area contributed by atoms with E-state index >= 15 is 0 Å². The normalized spacial score (nSPS) is 9.90. The van der Waals surface area contributed by atoms with Crippen LogP contribution in [-0.4, -0.2) is 30.6 Å². The minimum absolute atomic E-state index is 0.0385. The van der Waals surface area contributed by atoms with Crippen LogP contribution in [0.15, 0.2) is 30.9 Å². The Morgan fingerprint density at radius 2 is 2.00 bits per heavy atom. The van der Waals surface area contributed by atoms with Gasteiger partial charge in [0.25, 0.3) is 0 Å². The first-order valence-corrected chi connectivity index (χ1v) is 7.74. The van der Waals surface area contributed by atoms with Crippen LogP contribution in [0, 0.1) is 0 Å². The molecule has 0 aliphatic rings. The van der Waals surface area contributed by atoms with Crippen LogP contribution in [0.4, 0.5) is 5.69 Å². The van der Waals surface area contributed by atoms with Crippen molar-refractivity contribution in [2.45, 2.75) is 13.8 Å². The van der Waals surface area contributed by atoms with Crippen LogP contribution < -0.4 is 14.8 Å². The minimum atomic E-state index is -0.0385. The molecule has 0 aromatic heterocycles. The van der Waals surface area contributed by atoms with E-state index in [-0.39, 0.29) is 5.91 Å². The maximum Gasteiger partial charge on any atom is 0.234 e. The number of carbonyl (C=O) groups is 1. The van der Waals surface area contributed by atoms with Crippen molar-refractivity contribution in [1.82, 2.24) is 0 Å². The number of ether oxygens (including phenoxy) is 2. The van der Waals surface area contributed by atoms with Crippen LogP contribution in [-0.2, 0) is 4.79 Å². The maximum absolute atomic E-state index is 11.7. The summed E-state index contributed by atoms with van der Waals surface area (Å²) in [5, 5.41) is 2.84. The first-order chi connectivity index (χ1) is 9.71. The Hall–Kier alpha value is -1.62. The van der Waals surface area contributed by atoms with Crippen LogP contribution in [0.2, 0.25) is 0 Å². The van der Waals surface area contributed by atoms with Gasteiger partial charge in [-0.05, 0) is 26.0 Å². The quantitative estimate of drug-likeness (QED) is 0.560. The van der Waals surface area contributed by atoms with E-state index in [2.05, 4.69) is 11.9 Å². The zero-order chi connectivity index (χ0) is 14.8. The lowest BCUT2D eigenvalue weighted by Crippen LogP contribution is -2.14. The molecule has 4 nitrogen and oxygen atoms in total. The molecule has 0 aliphatic carbocycles. The fourth-order valence-corrected chi connectivity index (χ4v) is 2.10. The predicted molar refractivity (Wildman–Crippen MR) is 84.9 cm³/mol. The van der Waals surface area contributed by atoms with Crippen molar-refractivity contribution in [3.8, 4) is 11.5 Å². The summed E-state index contributed by atoms with van der Waals surface area (Å²) in [4.78, 5) is 11.7. The van der Waals surface area contributed by atoms with Gasteiger partial charge in [-0.15, -0.1) is 18.3 Å². The lowest BCUT2D eigenvalue weighted by molar-refractivity contribution is -0.113. The third kappa shape index (κ3) is 5.57. The fraction of sp³-hybridized carbons (Fsp3) is 0.400. The summed E-state index contributed by atoms with van der Waals surface area (Å²) >= 11 is 1.52. The third-order valence-corrected chi connectivity index (χ3v) is 3.23. The molecule has 1 rings (SSSR count). The molecule has 0 spiro atoms. The highest BCUT2D eigenvalue weighted by Crippen LogP contribution is 2.30. The predicted octanol–water partition coefficient (Wildman–Crippen LogP) is 3.34. The summed E-state index contributed by atoms with van der Waals surface area (Å²) in [6.07, 6.45) is 1.78. The van der Waals surface area contributed by atoms with Crippen molar-refractivity contribution in [2.24, 2.45) is 0 Å². The number of amides is 1. The van der Waals surface area contributed by atoms with Crippen molar-refractivity contribution in [2.75, 3.05) is 30.0 Å². The van der Waals surface area contributed by atoms with Gasteiger partial charge >= 0.3 is 0 Å². The second kappa shape index (κ2) is 9.31. The molecule has 20 heavy (non-hydrogen) atoms. The average Bonchev–Trinajstić information content (AvgIpc) is 2.42. The van der Waals surface area contributed by atoms with Crippen LogP contribution in [0.25, 0.3) is 0 Å². The Morgan fingerprint density at radius 3 is 2.65 bits per heavy atom. The fourth-order valence-electron chi connectivity index (χ4n) is 1.56. The van der Waals surface area contributed by atoms with Crippen LogP contribution in [0.5, 0.6) is 11.5 Å². The zero-order valence-corrected chi connectivity index (χ0v) is 12.8. The summed E-state index contributed by atoms with van der Waals surface area (Å²) in [5.41, 5.74) is 0.709. The van der Waals surface area contributed by atoms with Crippen molar-refractivity contribution >= 4 is 23.4 Å². The van der Waals surface area contributed by atoms with E-state index in [1.807, 2.05) is 19.9 Å². The topological polar surface area (TPSA) is 47.6 Å². The van der Waals surface area contributed by atoms with E-state index in [0.29, 0.717) is 36.2 Å². The standard InChI is InChI=1S/C15H21NO3S/c1-4-9-20-11-15(17)16-12-7-8-13(18-5-2)14(10-12)19-6-3/h4,7-8,10H,1,5-6,9,11H2,2-3H3,(H,16,17). The first kappa shape index (κ1) is 16.4. The number of hydrogen-bond donors (Lipinski definition) is 1. The number of hydrogen-bond acceptors (Lipinski definition) is 4. The Morgan fingerprint density at radius 1 is 1.30 bits per heavy atom. The minimum Gasteiger partial charge on any atom is -0.490 e. The van der Waals surface area contributed by atoms with Gasteiger partial charge in [-0.3, -0.25) is 4.79 Å². The van der Waals surface area contributed by atoms with Crippen molar-refractivity contribution < 1.29 is 14.3 Å². The molecule has 0 bridgehead atoms. The Kier molecular flexibility index (Phi) is 7.65. The number of benzene rings is 1. The average molecular weight is 295 g/mol. The second-order valence-corrected chi connectivity index (χ2v) is 4.91. The molecule has 1 aromatic rings. The molecule has 1 aromatic carbocycles. The van der Waals surface area contributed by atoms with Crippen LogP contribution in [0.3, 0.4) is 0 Å². The number of rotatable bonds is 9. The molecule has 110 valence electrons. The molecule has 1 amide bonds. The maximum atomic E-state index is 11.7. The SMILES string of the molecule is C=CCSCC(=O)Nc1ccc(OCC)c(OCC)c1. The Labute approximate surface area is 124 Å². The molecule has 0 atom stereocenters. The molecule has 0 saturated heterocycles. The molecule has 0 fully saturated rings. The van der Waals surface area contributed by atoms with Gasteiger partial charge in [0, 0.05) is 17.5 Å². The van der Waals surface area contributed by atoms with E-state index in [9.17, 15) is 4.79 Å². The van der Waals surface area contributed by atoms with Gasteiger partial charge in [0.15, 0.2) is 11.5 Å². The monoisotopic (exact) mass is 295 g/mol. The second-order valence-electron chi connectivity index (χ2n) is 3.88. The largest absolute Gasteiger partial charge is 0.490 e. The number of thioether (sulfide) groups is 1. The van der Waals surface area contributed by atoms with Gasteiger partial charge in [0.05, 0.1) is 19.0 Å². The first-order valence-electron chi connectivity index (χ1n) is 6.59. The zero-order valence-electron chi connectivity index (χ0n) is 12.0. The van der Waals surface area contributed by atoms with Crippen LogP contribution >= 0.6 is 11.8 Å². The van der Waals surface area contributed by atoms with E-state index in [0.717, 1.165) is 5.75 Å². The van der Waals surface area contributed by atoms with E-state index in [4.69, 9.17) is 9.47 Å². The molecule has 5 heteroatoms. The van der Waals surface area contributed by atoms with Gasteiger partial charge in [-0.2, -0.15) is 0 Å². The smallest absolute Gasteiger partial charge is 0.234 e. The van der Waals surface area contributed by atoms with E-state index in [1.165, 1.54) is 11.8 Å². The Bertz CT molecular complexity index is 449. The summed E-state index contributed by atoms with van der Waals surface area (Å²) in [6, 6.07) is 5.40. The highest BCUT2D eigenvalue weighted by atomic mass is 32.2. The number of anilines is 1. The highest BCUT2D eigenvalue weighted by molar-refractivity contribution is 8.00. The number of carbonyl (C=O) groups excluding carboxylic acids is 1. The molecule has 0 unspecified atom stereocenters. The van der Waals surface area contributed by atoms with Crippen molar-refractivity contribution in [1.29, 1.82) is 0 Å². The highest BCUT2D eigenvalue weighted by Gasteiger charge is 2.08. The van der Waals surface area contributed by atoms with Crippen molar-refractivity contribution in [3.63, 3.8) is 0 Å². The summed E-state index contributed by atoms with van der Waals surface area (Å²) in [7, 11) is 0. The lowest BCUT2D eigenvalue weighted by atomic mass is 10.2. The summed E-state index contributed by atoms with van der Waals surface area (Å²) in [6.45, 7) is 8.57. The van der Waals surface area contributed by atoms with Gasteiger partial charge in [-0.1, -0.05) is 6.08 Å². The summed E-state index contributed by atoms with van der Waals surface area (Å²) < 4.78 is 11.0. The molecule has 1 N–H and O–H groups in total. The molecule has 0 aliphatic heterocycles. The Balaban J connectivity index is 2.68. The van der Waals surface area contributed by atoms with Crippen LogP contribution in [0.1, 0.15) is 13.8 Å². The summed E-state index contributed by atoms with van der Waals surface area (Å²) in [5.74, 6) is 2.46. The van der Waals surface area contributed by atoms with Gasteiger partial charge in [-0.25, -0.2) is 0 Å². The molecule has 0 heterocycles. The lowest BCUT2D eigenvalue weighted by Gasteiger charge is -2.13. The number of nitrogens with one attached hydrogen (secondary N) is 1. The van der Waals surface area contributed by atoms with Crippen molar-refractivity contribution in [3.05, 3.63) is 30.9 Å². The van der Waals surface area contributed by atoms with Gasteiger partial charge in [0.2, 0.25) is 5.91 Å². The third-order valence-electron chi connectivity index (χ3n) is 2.30. The molecular weight excluding hydrogens is 274 g/mol. The molecule has 0 radical (unpaired) electrons. The van der Waals surface area contributed by atoms with Gasteiger partial charge in [0.1, 0.15) is 0 Å². The van der Waals surface area contributed by atoms with E-state index in [1.54, 1.807) is 18.2 Å². The molecule has 0 saturated carbocycles.